The van der Waals surface area contributed by atoms with Gasteiger partial charge in [0, 0.05) is 24.5 Å². The van der Waals surface area contributed by atoms with Crippen LogP contribution in [0.2, 0.25) is 0 Å². The third kappa shape index (κ3) is 3.75. The molecule has 3 aromatic rings. The number of pyridine rings is 1. The maximum absolute atomic E-state index is 11.7. The van der Waals surface area contributed by atoms with Gasteiger partial charge in [0.2, 0.25) is 12.3 Å². The van der Waals surface area contributed by atoms with Gasteiger partial charge >= 0.3 is 6.09 Å². The lowest BCUT2D eigenvalue weighted by molar-refractivity contribution is 0.200. The van der Waals surface area contributed by atoms with Crippen molar-refractivity contribution in [3.63, 3.8) is 0 Å². The number of nitrogens with one attached hydrogen (secondary N) is 1. The van der Waals surface area contributed by atoms with Crippen molar-refractivity contribution in [2.45, 2.75) is 13.3 Å². The zero-order chi connectivity index (χ0) is 16.8. The lowest BCUT2D eigenvalue weighted by Gasteiger charge is -2.08. The van der Waals surface area contributed by atoms with E-state index in [-0.39, 0.29) is 0 Å². The highest BCUT2D eigenvalue weighted by atomic mass is 16.6. The Morgan fingerprint density at radius 3 is 2.88 bits per heavy atom. The first-order valence-corrected chi connectivity index (χ1v) is 7.54. The van der Waals surface area contributed by atoms with Crippen molar-refractivity contribution in [1.82, 2.24) is 20.5 Å². The normalized spacial score (nSPS) is 10.4. The van der Waals surface area contributed by atoms with Crippen LogP contribution in [0, 0.1) is 0 Å². The molecule has 0 bridgehead atoms. The molecule has 7 heteroatoms. The van der Waals surface area contributed by atoms with Crippen molar-refractivity contribution in [2.75, 3.05) is 6.54 Å². The minimum absolute atomic E-state index is 0.399. The number of hydrogen-bond donors (Lipinski definition) is 1. The molecule has 0 saturated carbocycles. The second-order valence-corrected chi connectivity index (χ2v) is 5.05. The summed E-state index contributed by atoms with van der Waals surface area (Å²) in [4.78, 5) is 15.9. The Morgan fingerprint density at radius 2 is 2.08 bits per heavy atom. The fraction of sp³-hybridized carbons (Fsp3) is 0.176. The van der Waals surface area contributed by atoms with Gasteiger partial charge in [-0.25, -0.2) is 4.79 Å². The third-order valence-corrected chi connectivity index (χ3v) is 3.24. The molecule has 0 aliphatic rings. The zero-order valence-corrected chi connectivity index (χ0v) is 13.1. The Labute approximate surface area is 138 Å². The second-order valence-electron chi connectivity index (χ2n) is 5.05. The van der Waals surface area contributed by atoms with Gasteiger partial charge in [-0.05, 0) is 30.2 Å². The fourth-order valence-electron chi connectivity index (χ4n) is 2.12. The highest BCUT2D eigenvalue weighted by Crippen LogP contribution is 2.26. The maximum Gasteiger partial charge on any atom is 0.412 e. The first kappa shape index (κ1) is 15.7. The van der Waals surface area contributed by atoms with E-state index in [9.17, 15) is 4.79 Å². The highest BCUT2D eigenvalue weighted by molar-refractivity contribution is 5.73. The number of carbonyl (C=O) groups excluding carboxylic acids is 1. The average Bonchev–Trinajstić information content (AvgIpc) is 3.15. The first-order chi connectivity index (χ1) is 11.8. The summed E-state index contributed by atoms with van der Waals surface area (Å²) in [6.45, 7) is 2.55. The van der Waals surface area contributed by atoms with Crippen LogP contribution >= 0.6 is 0 Å². The monoisotopic (exact) mass is 324 g/mol. The summed E-state index contributed by atoms with van der Waals surface area (Å²) >= 11 is 0. The summed E-state index contributed by atoms with van der Waals surface area (Å²) in [5.41, 5.74) is 2.44. The minimum atomic E-state index is -0.466. The van der Waals surface area contributed by atoms with Crippen LogP contribution in [0.25, 0.3) is 22.6 Å². The van der Waals surface area contributed by atoms with E-state index in [0.717, 1.165) is 23.1 Å². The topological polar surface area (TPSA) is 90.1 Å². The molecular weight excluding hydrogens is 308 g/mol. The van der Waals surface area contributed by atoms with Crippen LogP contribution in [0.4, 0.5) is 4.79 Å². The molecule has 0 aliphatic heterocycles. The van der Waals surface area contributed by atoms with E-state index < -0.39 is 6.09 Å². The van der Waals surface area contributed by atoms with Crippen molar-refractivity contribution in [3.8, 4) is 28.3 Å². The predicted molar refractivity (Wildman–Crippen MR) is 87.3 cm³/mol. The largest absolute Gasteiger partial charge is 0.423 e. The average molecular weight is 324 g/mol. The van der Waals surface area contributed by atoms with Crippen molar-refractivity contribution in [2.24, 2.45) is 0 Å². The summed E-state index contributed by atoms with van der Waals surface area (Å²) < 4.78 is 10.5. The Bertz CT molecular complexity index is 818. The van der Waals surface area contributed by atoms with Crippen LogP contribution in [-0.4, -0.2) is 27.8 Å². The molecule has 0 radical (unpaired) electrons. The van der Waals surface area contributed by atoms with Gasteiger partial charge in [-0.1, -0.05) is 19.1 Å². The van der Waals surface area contributed by atoms with Gasteiger partial charge in [0.15, 0.2) is 0 Å². The minimum Gasteiger partial charge on any atom is -0.423 e. The second kappa shape index (κ2) is 7.36. The molecule has 1 amide bonds. The SMILES string of the molecule is CCCNC(=O)Oc1cccc(-c2cncc(-c3nnco3)c2)c1. The van der Waals surface area contributed by atoms with Crippen LogP contribution in [0.15, 0.2) is 53.5 Å². The number of nitrogens with zero attached hydrogens (tertiary/aromatic N) is 3. The molecule has 2 aromatic heterocycles. The van der Waals surface area contributed by atoms with Crippen LogP contribution in [0.3, 0.4) is 0 Å². The molecule has 122 valence electrons. The lowest BCUT2D eigenvalue weighted by atomic mass is 10.1. The van der Waals surface area contributed by atoms with E-state index in [2.05, 4.69) is 20.5 Å². The van der Waals surface area contributed by atoms with Crippen molar-refractivity contribution in [1.29, 1.82) is 0 Å². The number of amides is 1. The molecule has 24 heavy (non-hydrogen) atoms. The number of carbonyl (C=O) groups is 1. The number of benzene rings is 1. The molecule has 0 spiro atoms. The van der Waals surface area contributed by atoms with Gasteiger partial charge < -0.3 is 14.5 Å². The lowest BCUT2D eigenvalue weighted by Crippen LogP contribution is -2.27. The molecule has 3 rings (SSSR count). The first-order valence-electron chi connectivity index (χ1n) is 7.54. The summed E-state index contributed by atoms with van der Waals surface area (Å²) in [7, 11) is 0. The molecule has 0 fully saturated rings. The molecule has 0 atom stereocenters. The Kier molecular flexibility index (Phi) is 4.81. The van der Waals surface area contributed by atoms with E-state index in [0.29, 0.717) is 18.2 Å². The van der Waals surface area contributed by atoms with Crippen LogP contribution in [-0.2, 0) is 0 Å². The molecule has 0 unspecified atom stereocenters. The number of ether oxygens (including phenoxy) is 1. The smallest absolute Gasteiger partial charge is 0.412 e. The van der Waals surface area contributed by atoms with Gasteiger partial charge in [-0.15, -0.1) is 10.2 Å². The van der Waals surface area contributed by atoms with Crippen LogP contribution < -0.4 is 10.1 Å². The van der Waals surface area contributed by atoms with Crippen LogP contribution in [0.1, 0.15) is 13.3 Å². The van der Waals surface area contributed by atoms with E-state index in [1.165, 1.54) is 6.39 Å². The van der Waals surface area contributed by atoms with Crippen molar-refractivity contribution in [3.05, 3.63) is 49.1 Å². The number of aromatic nitrogens is 3. The Morgan fingerprint density at radius 1 is 1.21 bits per heavy atom. The molecule has 0 saturated heterocycles. The molecule has 7 nitrogen and oxygen atoms in total. The van der Waals surface area contributed by atoms with E-state index >= 15 is 0 Å². The summed E-state index contributed by atoms with van der Waals surface area (Å²) in [6.07, 6.45) is 5.02. The van der Waals surface area contributed by atoms with E-state index in [1.807, 2.05) is 25.1 Å². The molecule has 1 N–H and O–H groups in total. The predicted octanol–water partition coefficient (Wildman–Crippen LogP) is 3.30. The van der Waals surface area contributed by atoms with Gasteiger partial charge in [0.05, 0.1) is 5.56 Å². The summed E-state index contributed by atoms with van der Waals surface area (Å²) in [5, 5.41) is 10.2. The zero-order valence-electron chi connectivity index (χ0n) is 13.1. The van der Waals surface area contributed by atoms with E-state index in [1.54, 1.807) is 24.5 Å². The van der Waals surface area contributed by atoms with E-state index in [4.69, 9.17) is 9.15 Å². The number of rotatable bonds is 5. The Balaban J connectivity index is 1.81. The van der Waals surface area contributed by atoms with Crippen LogP contribution in [0.5, 0.6) is 5.75 Å². The van der Waals surface area contributed by atoms with Gasteiger partial charge in [0.25, 0.3) is 0 Å². The van der Waals surface area contributed by atoms with Gasteiger partial charge in [0.1, 0.15) is 5.75 Å². The molecule has 0 aliphatic carbocycles. The molecule has 1 aromatic carbocycles. The highest BCUT2D eigenvalue weighted by Gasteiger charge is 2.08. The summed E-state index contributed by atoms with van der Waals surface area (Å²) in [6, 6.07) is 9.11. The van der Waals surface area contributed by atoms with Crippen molar-refractivity contribution < 1.29 is 13.9 Å². The standard InChI is InChI=1S/C17H16N4O3/c1-2-6-19-17(22)24-15-5-3-4-12(8-15)13-7-14(10-18-9-13)16-21-20-11-23-16/h3-5,7-11H,2,6H2,1H3,(H,19,22). The molecule has 2 heterocycles. The quantitative estimate of drug-likeness (QED) is 0.774. The molecular formula is C17H16N4O3. The van der Waals surface area contributed by atoms with Gasteiger partial charge in [-0.3, -0.25) is 4.98 Å². The fourth-order valence-corrected chi connectivity index (χ4v) is 2.12. The Hall–Kier alpha value is -3.22. The van der Waals surface area contributed by atoms with Gasteiger partial charge in [-0.2, -0.15) is 0 Å². The summed E-state index contributed by atoms with van der Waals surface area (Å²) in [5.74, 6) is 0.861. The maximum atomic E-state index is 11.7. The van der Waals surface area contributed by atoms with Crippen molar-refractivity contribution >= 4 is 6.09 Å². The third-order valence-electron chi connectivity index (χ3n) is 3.24. The number of hydrogen-bond acceptors (Lipinski definition) is 6.